The molecule has 9 heteroatoms. The lowest BCUT2D eigenvalue weighted by Crippen LogP contribution is -2.24. The smallest absolute Gasteiger partial charge is 0.271 e. The largest absolute Gasteiger partial charge is 0.454 e. The van der Waals surface area contributed by atoms with E-state index in [1.54, 1.807) is 17.5 Å². The molecule has 0 fully saturated rings. The number of amides is 1. The first kappa shape index (κ1) is 24.2. The number of hydrogen-bond acceptors (Lipinski definition) is 6. The third-order valence-corrected chi connectivity index (χ3v) is 6.72. The molecule has 184 valence electrons. The molecule has 1 N–H and O–H groups in total. The number of benzene rings is 3. The van der Waals surface area contributed by atoms with Crippen molar-refractivity contribution in [1.82, 2.24) is 15.2 Å². The minimum Gasteiger partial charge on any atom is -0.454 e. The van der Waals surface area contributed by atoms with Crippen molar-refractivity contribution in [2.24, 2.45) is 0 Å². The monoisotopic (exact) mass is 523 g/mol. The van der Waals surface area contributed by atoms with Gasteiger partial charge in [0, 0.05) is 30.0 Å². The van der Waals surface area contributed by atoms with Gasteiger partial charge >= 0.3 is 0 Å². The molecule has 5 rings (SSSR count). The van der Waals surface area contributed by atoms with Gasteiger partial charge in [-0.3, -0.25) is 9.69 Å². The van der Waals surface area contributed by atoms with Gasteiger partial charge in [-0.05, 0) is 53.1 Å². The van der Waals surface area contributed by atoms with Gasteiger partial charge < -0.3 is 14.8 Å². The molecule has 6 nitrogen and oxygen atoms in total. The van der Waals surface area contributed by atoms with Crippen molar-refractivity contribution in [3.8, 4) is 11.5 Å². The summed E-state index contributed by atoms with van der Waals surface area (Å²) in [6.07, 6.45) is 0. The predicted molar refractivity (Wildman–Crippen MR) is 137 cm³/mol. The van der Waals surface area contributed by atoms with Crippen molar-refractivity contribution in [3.63, 3.8) is 0 Å². The van der Waals surface area contributed by atoms with Crippen LogP contribution in [0.4, 0.5) is 4.39 Å². The second-order valence-corrected chi connectivity index (χ2v) is 9.78. The van der Waals surface area contributed by atoms with Crippen LogP contribution in [-0.4, -0.2) is 22.6 Å². The number of hydrogen-bond donors (Lipinski definition) is 1. The molecule has 0 spiro atoms. The van der Waals surface area contributed by atoms with Crippen molar-refractivity contribution < 1.29 is 18.7 Å². The average Bonchev–Trinajstić information content (AvgIpc) is 3.53. The number of nitrogens with zero attached hydrogens (tertiary/aromatic N) is 2. The van der Waals surface area contributed by atoms with E-state index in [0.29, 0.717) is 48.4 Å². The Morgan fingerprint density at radius 3 is 2.58 bits per heavy atom. The molecule has 0 unspecified atom stereocenters. The van der Waals surface area contributed by atoms with Crippen LogP contribution in [0.5, 0.6) is 11.5 Å². The highest BCUT2D eigenvalue weighted by Crippen LogP contribution is 2.32. The normalized spacial score (nSPS) is 12.2. The summed E-state index contributed by atoms with van der Waals surface area (Å²) >= 11 is 7.61. The van der Waals surface area contributed by atoms with Gasteiger partial charge in [0.1, 0.15) is 16.5 Å². The molecule has 0 radical (unpaired) electrons. The van der Waals surface area contributed by atoms with Gasteiger partial charge in [-0.1, -0.05) is 41.9 Å². The Bertz CT molecular complexity index is 1360. The van der Waals surface area contributed by atoms with Crippen LogP contribution in [0.3, 0.4) is 0 Å². The summed E-state index contributed by atoms with van der Waals surface area (Å²) in [5.41, 5.74) is 3.33. The summed E-state index contributed by atoms with van der Waals surface area (Å²) in [7, 11) is 0. The van der Waals surface area contributed by atoms with Gasteiger partial charge in [-0.15, -0.1) is 11.3 Å². The maximum absolute atomic E-state index is 13.4. The van der Waals surface area contributed by atoms with Gasteiger partial charge in [-0.2, -0.15) is 0 Å². The number of nitrogens with one attached hydrogen (secondary N) is 1. The minimum absolute atomic E-state index is 0.211. The lowest BCUT2D eigenvalue weighted by molar-refractivity contribution is 0.0946. The van der Waals surface area contributed by atoms with Gasteiger partial charge in [-0.25, -0.2) is 9.37 Å². The number of fused-ring (bicyclic) bond motifs is 1. The number of rotatable bonds is 9. The second kappa shape index (κ2) is 11.1. The van der Waals surface area contributed by atoms with E-state index in [-0.39, 0.29) is 18.5 Å². The van der Waals surface area contributed by atoms with Gasteiger partial charge in [0.05, 0.1) is 6.54 Å². The van der Waals surface area contributed by atoms with E-state index in [1.165, 1.54) is 23.5 Å². The lowest BCUT2D eigenvalue weighted by Gasteiger charge is -2.21. The highest BCUT2D eigenvalue weighted by molar-refractivity contribution is 7.09. The molecule has 3 aromatic carbocycles. The Morgan fingerprint density at radius 2 is 1.75 bits per heavy atom. The molecule has 0 bridgehead atoms. The molecule has 1 aliphatic rings. The van der Waals surface area contributed by atoms with Gasteiger partial charge in [0.15, 0.2) is 11.5 Å². The summed E-state index contributed by atoms with van der Waals surface area (Å²) in [5, 5.41) is 6.16. The number of thiazole rings is 1. The van der Waals surface area contributed by atoms with E-state index < -0.39 is 0 Å². The van der Waals surface area contributed by atoms with E-state index in [9.17, 15) is 9.18 Å². The first-order chi connectivity index (χ1) is 17.5. The summed E-state index contributed by atoms with van der Waals surface area (Å²) in [6, 6.07) is 19.7. The molecule has 0 atom stereocenters. The van der Waals surface area contributed by atoms with E-state index in [1.807, 2.05) is 42.5 Å². The first-order valence-electron chi connectivity index (χ1n) is 11.3. The van der Waals surface area contributed by atoms with Crippen LogP contribution in [0.15, 0.2) is 72.1 Å². The van der Waals surface area contributed by atoms with Crippen molar-refractivity contribution >= 4 is 28.8 Å². The Hall–Kier alpha value is -3.46. The Balaban J connectivity index is 1.24. The quantitative estimate of drug-likeness (QED) is 0.300. The summed E-state index contributed by atoms with van der Waals surface area (Å²) < 4.78 is 24.1. The summed E-state index contributed by atoms with van der Waals surface area (Å²) in [5.74, 6) is 0.877. The van der Waals surface area contributed by atoms with Crippen LogP contribution in [-0.2, 0) is 26.2 Å². The van der Waals surface area contributed by atoms with Crippen LogP contribution in [0.1, 0.15) is 32.2 Å². The number of carbonyl (C=O) groups is 1. The zero-order valence-electron chi connectivity index (χ0n) is 19.2. The number of ether oxygens (including phenoxy) is 2. The van der Waals surface area contributed by atoms with E-state index in [4.69, 9.17) is 21.1 Å². The van der Waals surface area contributed by atoms with Crippen LogP contribution in [0.25, 0.3) is 0 Å². The lowest BCUT2D eigenvalue weighted by atomic mass is 10.1. The highest BCUT2D eigenvalue weighted by atomic mass is 35.5. The first-order valence-corrected chi connectivity index (χ1v) is 12.6. The molecule has 4 aromatic rings. The van der Waals surface area contributed by atoms with Crippen LogP contribution in [0.2, 0.25) is 5.02 Å². The second-order valence-electron chi connectivity index (χ2n) is 8.40. The van der Waals surface area contributed by atoms with Gasteiger partial charge in [0.2, 0.25) is 6.79 Å². The van der Waals surface area contributed by atoms with E-state index >= 15 is 0 Å². The fraction of sp³-hybridized carbons (Fsp3) is 0.185. The van der Waals surface area contributed by atoms with Crippen LogP contribution >= 0.6 is 22.9 Å². The zero-order valence-corrected chi connectivity index (χ0v) is 20.8. The summed E-state index contributed by atoms with van der Waals surface area (Å²) in [4.78, 5) is 19.5. The highest BCUT2D eigenvalue weighted by Gasteiger charge is 2.16. The van der Waals surface area contributed by atoms with Crippen molar-refractivity contribution in [3.05, 3.63) is 110 Å². The molecule has 1 amide bonds. The number of halogens is 2. The van der Waals surface area contributed by atoms with Crippen LogP contribution < -0.4 is 14.8 Å². The number of aromatic nitrogens is 1. The fourth-order valence-electron chi connectivity index (χ4n) is 3.91. The SMILES string of the molecule is O=C(NCc1ccc2c(c1)OCO2)c1csc(CN(Cc2ccc(F)cc2)Cc2cccc(Cl)c2)n1. The van der Waals surface area contributed by atoms with E-state index in [0.717, 1.165) is 21.7 Å². The Kier molecular flexibility index (Phi) is 7.46. The van der Waals surface area contributed by atoms with Crippen molar-refractivity contribution in [2.75, 3.05) is 6.79 Å². The summed E-state index contributed by atoms with van der Waals surface area (Å²) in [6.45, 7) is 2.32. The average molecular weight is 524 g/mol. The fourth-order valence-corrected chi connectivity index (χ4v) is 4.94. The van der Waals surface area contributed by atoms with Crippen molar-refractivity contribution in [2.45, 2.75) is 26.2 Å². The minimum atomic E-state index is -0.267. The molecular weight excluding hydrogens is 501 g/mol. The Labute approximate surface area is 217 Å². The third-order valence-electron chi connectivity index (χ3n) is 5.65. The molecule has 2 heterocycles. The standard InChI is InChI=1S/C27H23ClFN3O3S/c28-21-3-1-2-20(10-21)14-32(13-18-4-7-22(29)8-5-18)15-26-31-23(16-36-26)27(33)30-12-19-6-9-24-25(11-19)35-17-34-24/h1-11,16H,12-15,17H2,(H,30,33). The maximum Gasteiger partial charge on any atom is 0.271 e. The predicted octanol–water partition coefficient (Wildman–Crippen LogP) is 5.80. The molecular formula is C27H23ClFN3O3S. The van der Waals surface area contributed by atoms with Gasteiger partial charge in [0.25, 0.3) is 5.91 Å². The number of carbonyl (C=O) groups excluding carboxylic acids is 1. The molecule has 1 aromatic heterocycles. The molecule has 0 saturated heterocycles. The molecule has 0 saturated carbocycles. The maximum atomic E-state index is 13.4. The zero-order chi connectivity index (χ0) is 24.9. The third kappa shape index (κ3) is 6.20. The van der Waals surface area contributed by atoms with E-state index in [2.05, 4.69) is 15.2 Å². The molecule has 1 aliphatic heterocycles. The van der Waals surface area contributed by atoms with Crippen LogP contribution in [0, 0.1) is 5.82 Å². The Morgan fingerprint density at radius 1 is 0.972 bits per heavy atom. The van der Waals surface area contributed by atoms with Crippen molar-refractivity contribution in [1.29, 1.82) is 0 Å². The molecule has 36 heavy (non-hydrogen) atoms. The molecule has 0 aliphatic carbocycles. The topological polar surface area (TPSA) is 63.7 Å².